The van der Waals surface area contributed by atoms with Gasteiger partial charge in [-0.1, -0.05) is 20.8 Å². The van der Waals surface area contributed by atoms with Crippen molar-refractivity contribution in [1.82, 2.24) is 15.1 Å². The molecule has 1 aromatic heterocycles. The molecule has 1 fully saturated rings. The van der Waals surface area contributed by atoms with Crippen LogP contribution in [0.25, 0.3) is 0 Å². The highest BCUT2D eigenvalue weighted by atomic mass is 16.3. The number of aliphatic imine (C=N–C) groups is 1. The van der Waals surface area contributed by atoms with Crippen LogP contribution in [0.4, 0.5) is 0 Å². The van der Waals surface area contributed by atoms with Gasteiger partial charge in [-0.05, 0) is 50.9 Å². The quantitative estimate of drug-likeness (QED) is 0.550. The fraction of sp³-hybridized carbons (Fsp3) is 0.750. The largest absolute Gasteiger partial charge is 0.469 e. The minimum atomic E-state index is 0.448. The minimum Gasteiger partial charge on any atom is -0.469 e. The molecule has 1 N–H and O–H groups in total. The molecule has 0 aliphatic carbocycles. The van der Waals surface area contributed by atoms with Crippen LogP contribution >= 0.6 is 0 Å². The third-order valence-electron chi connectivity index (χ3n) is 5.18. The Morgan fingerprint density at radius 2 is 2.20 bits per heavy atom. The lowest BCUT2D eigenvalue weighted by molar-refractivity contribution is 0.255. The Morgan fingerprint density at radius 1 is 1.40 bits per heavy atom. The summed E-state index contributed by atoms with van der Waals surface area (Å²) in [6.45, 7) is 15.4. The summed E-state index contributed by atoms with van der Waals surface area (Å²) < 4.78 is 5.42. The summed E-state index contributed by atoms with van der Waals surface area (Å²) in [5.41, 5.74) is 0. The number of guanidine groups is 1. The second-order valence-electron chi connectivity index (χ2n) is 7.07. The number of furan rings is 1. The maximum absolute atomic E-state index is 5.42. The molecule has 1 aromatic rings. The molecule has 2 unspecified atom stereocenters. The summed E-state index contributed by atoms with van der Waals surface area (Å²) >= 11 is 0. The first-order valence-corrected chi connectivity index (χ1v) is 9.96. The first-order chi connectivity index (χ1) is 12.2. The first-order valence-electron chi connectivity index (χ1n) is 9.96. The van der Waals surface area contributed by atoms with Crippen molar-refractivity contribution in [1.29, 1.82) is 0 Å². The van der Waals surface area contributed by atoms with Gasteiger partial charge in [0.15, 0.2) is 5.96 Å². The van der Waals surface area contributed by atoms with Crippen molar-refractivity contribution < 1.29 is 4.42 Å². The zero-order valence-electron chi connectivity index (χ0n) is 16.5. The minimum absolute atomic E-state index is 0.448. The van der Waals surface area contributed by atoms with Crippen LogP contribution in [0.1, 0.15) is 46.3 Å². The Kier molecular flexibility index (Phi) is 8.32. The summed E-state index contributed by atoms with van der Waals surface area (Å²) in [7, 11) is 0. The highest BCUT2D eigenvalue weighted by molar-refractivity contribution is 5.80. The number of nitrogens with zero attached hydrogens (tertiary/aromatic N) is 3. The number of likely N-dealkylation sites (tertiary alicyclic amines) is 1. The fourth-order valence-electron chi connectivity index (χ4n) is 3.31. The van der Waals surface area contributed by atoms with E-state index >= 15 is 0 Å². The van der Waals surface area contributed by atoms with Crippen molar-refractivity contribution in [3.8, 4) is 0 Å². The van der Waals surface area contributed by atoms with Gasteiger partial charge in [-0.3, -0.25) is 4.99 Å². The van der Waals surface area contributed by atoms with E-state index in [-0.39, 0.29) is 0 Å². The average molecular weight is 349 g/mol. The van der Waals surface area contributed by atoms with Gasteiger partial charge in [0.25, 0.3) is 0 Å². The van der Waals surface area contributed by atoms with Crippen LogP contribution in [0.15, 0.2) is 27.8 Å². The molecule has 5 nitrogen and oxygen atoms in total. The summed E-state index contributed by atoms with van der Waals surface area (Å²) in [6.07, 6.45) is 4.95. The number of nitrogens with one attached hydrogen (secondary N) is 1. The van der Waals surface area contributed by atoms with Crippen molar-refractivity contribution in [3.63, 3.8) is 0 Å². The van der Waals surface area contributed by atoms with Gasteiger partial charge < -0.3 is 19.5 Å². The molecule has 0 saturated carbocycles. The van der Waals surface area contributed by atoms with Gasteiger partial charge in [-0.15, -0.1) is 0 Å². The second-order valence-corrected chi connectivity index (χ2v) is 7.07. The molecule has 0 amide bonds. The van der Waals surface area contributed by atoms with E-state index in [1.165, 1.54) is 13.0 Å². The number of hydrogen-bond donors (Lipinski definition) is 1. The van der Waals surface area contributed by atoms with Crippen LogP contribution in [0.5, 0.6) is 0 Å². The molecule has 0 spiro atoms. The second kappa shape index (κ2) is 10.5. The lowest BCUT2D eigenvalue weighted by atomic mass is 10.1. The van der Waals surface area contributed by atoms with E-state index in [9.17, 15) is 0 Å². The highest BCUT2D eigenvalue weighted by Gasteiger charge is 2.26. The molecule has 142 valence electrons. The number of hydrogen-bond acceptors (Lipinski definition) is 3. The summed E-state index contributed by atoms with van der Waals surface area (Å²) in [4.78, 5) is 9.86. The normalized spacial score (nSPS) is 19.6. The van der Waals surface area contributed by atoms with E-state index in [1.807, 2.05) is 12.1 Å². The van der Waals surface area contributed by atoms with Gasteiger partial charge in [0.1, 0.15) is 5.76 Å². The molecule has 1 aliphatic rings. The zero-order valence-corrected chi connectivity index (χ0v) is 16.5. The van der Waals surface area contributed by atoms with E-state index in [1.54, 1.807) is 6.26 Å². The first kappa shape index (κ1) is 19.8. The molecular weight excluding hydrogens is 312 g/mol. The molecule has 2 atom stereocenters. The van der Waals surface area contributed by atoms with Crippen LogP contribution in [0.3, 0.4) is 0 Å². The van der Waals surface area contributed by atoms with Crippen molar-refractivity contribution in [2.24, 2.45) is 10.9 Å². The molecule has 1 saturated heterocycles. The van der Waals surface area contributed by atoms with E-state index < -0.39 is 0 Å². The molecule has 25 heavy (non-hydrogen) atoms. The van der Waals surface area contributed by atoms with Crippen LogP contribution in [-0.2, 0) is 6.42 Å². The lowest BCUT2D eigenvalue weighted by Crippen LogP contribution is -2.44. The molecule has 0 bridgehead atoms. The van der Waals surface area contributed by atoms with Crippen molar-refractivity contribution in [2.45, 2.75) is 53.0 Å². The smallest absolute Gasteiger partial charge is 0.194 e. The van der Waals surface area contributed by atoms with Crippen molar-refractivity contribution >= 4 is 5.96 Å². The predicted molar refractivity (Wildman–Crippen MR) is 105 cm³/mol. The zero-order chi connectivity index (χ0) is 18.1. The van der Waals surface area contributed by atoms with Gasteiger partial charge in [0, 0.05) is 38.6 Å². The summed E-state index contributed by atoms with van der Waals surface area (Å²) in [6, 6.07) is 4.41. The van der Waals surface area contributed by atoms with Crippen LogP contribution in [0, 0.1) is 5.92 Å². The van der Waals surface area contributed by atoms with Crippen LogP contribution in [0.2, 0.25) is 0 Å². The van der Waals surface area contributed by atoms with Gasteiger partial charge in [0.05, 0.1) is 6.26 Å². The highest BCUT2D eigenvalue weighted by Crippen LogP contribution is 2.18. The van der Waals surface area contributed by atoms with Crippen LogP contribution in [-0.4, -0.2) is 61.1 Å². The molecule has 0 radical (unpaired) electrons. The monoisotopic (exact) mass is 348 g/mol. The molecule has 2 heterocycles. The number of rotatable bonds is 9. The fourth-order valence-corrected chi connectivity index (χ4v) is 3.31. The molecule has 0 aromatic carbocycles. The third kappa shape index (κ3) is 6.38. The van der Waals surface area contributed by atoms with Gasteiger partial charge in [-0.2, -0.15) is 0 Å². The maximum Gasteiger partial charge on any atom is 0.194 e. The molecule has 5 heteroatoms. The SMILES string of the molecule is CCC(C)NC(=NCCc1ccco1)N1CCC(CN(CC)CC)C1. The van der Waals surface area contributed by atoms with Crippen LogP contribution < -0.4 is 5.32 Å². The topological polar surface area (TPSA) is 44.0 Å². The Bertz CT molecular complexity index is 496. The standard InChI is InChI=1S/C20H36N4O/c1-5-17(4)22-20(21-12-10-19-9-8-14-25-19)24-13-11-18(16-24)15-23(6-2)7-3/h8-9,14,17-18H,5-7,10-13,15-16H2,1-4H3,(H,21,22). The molecular formula is C20H36N4O. The molecule has 2 rings (SSSR count). The average Bonchev–Trinajstić information content (AvgIpc) is 3.30. The van der Waals surface area contributed by atoms with Crippen molar-refractivity contribution in [2.75, 3.05) is 39.3 Å². The Labute approximate surface area is 153 Å². The van der Waals surface area contributed by atoms with E-state index in [0.717, 1.165) is 63.2 Å². The van der Waals surface area contributed by atoms with E-state index in [0.29, 0.717) is 6.04 Å². The third-order valence-corrected chi connectivity index (χ3v) is 5.18. The Balaban J connectivity index is 1.92. The van der Waals surface area contributed by atoms with Gasteiger partial charge in [-0.25, -0.2) is 0 Å². The maximum atomic E-state index is 5.42. The van der Waals surface area contributed by atoms with Crippen molar-refractivity contribution in [3.05, 3.63) is 24.2 Å². The lowest BCUT2D eigenvalue weighted by Gasteiger charge is -2.26. The Morgan fingerprint density at radius 3 is 2.84 bits per heavy atom. The summed E-state index contributed by atoms with van der Waals surface area (Å²) in [5, 5.41) is 3.62. The van der Waals surface area contributed by atoms with E-state index in [2.05, 4.69) is 42.8 Å². The molecule has 1 aliphatic heterocycles. The van der Waals surface area contributed by atoms with E-state index in [4.69, 9.17) is 9.41 Å². The Hall–Kier alpha value is -1.49. The summed E-state index contributed by atoms with van der Waals surface area (Å²) in [5.74, 6) is 2.82. The predicted octanol–water partition coefficient (Wildman–Crippen LogP) is 3.23. The van der Waals surface area contributed by atoms with Gasteiger partial charge >= 0.3 is 0 Å². The van der Waals surface area contributed by atoms with Gasteiger partial charge in [0.2, 0.25) is 0 Å².